The predicted octanol–water partition coefficient (Wildman–Crippen LogP) is 9.06. The molecule has 0 radical (unpaired) electrons. The summed E-state index contributed by atoms with van der Waals surface area (Å²) in [5.74, 6) is 1.13. The zero-order valence-electron chi connectivity index (χ0n) is 31.0. The molecule has 0 spiro atoms. The summed E-state index contributed by atoms with van der Waals surface area (Å²) in [6, 6.07) is 13.9. The highest BCUT2D eigenvalue weighted by Gasteiger charge is 2.32. The molecular formula is C44H62O6. The first-order chi connectivity index (χ1) is 24.2. The molecule has 274 valence electrons. The number of aryl methyl sites for hydroxylation is 3. The normalized spacial score (nSPS) is 20.8. The lowest BCUT2D eigenvalue weighted by Crippen LogP contribution is -2.25. The van der Waals surface area contributed by atoms with Crippen LogP contribution in [0.4, 0.5) is 0 Å². The topological polar surface area (TPSA) is 93.1 Å². The largest absolute Gasteiger partial charge is 0.461 e. The molecule has 50 heavy (non-hydrogen) atoms. The van der Waals surface area contributed by atoms with Gasteiger partial charge in [0.2, 0.25) is 0 Å². The van der Waals surface area contributed by atoms with Crippen LogP contribution in [0.1, 0.15) is 143 Å². The van der Waals surface area contributed by atoms with E-state index in [2.05, 4.69) is 70.3 Å². The van der Waals surface area contributed by atoms with Gasteiger partial charge in [-0.05, 0) is 134 Å². The van der Waals surface area contributed by atoms with Gasteiger partial charge in [-0.25, -0.2) is 9.59 Å². The van der Waals surface area contributed by atoms with Crippen molar-refractivity contribution >= 4 is 11.9 Å². The fraction of sp³-hybridized carbons (Fsp3) is 0.591. The van der Waals surface area contributed by atoms with Crippen molar-refractivity contribution in [3.63, 3.8) is 0 Å². The second-order valence-electron chi connectivity index (χ2n) is 14.8. The number of hydrogen-bond donors (Lipinski definition) is 2. The van der Waals surface area contributed by atoms with Crippen molar-refractivity contribution in [2.45, 2.75) is 128 Å². The maximum absolute atomic E-state index is 12.2. The van der Waals surface area contributed by atoms with Gasteiger partial charge in [0.25, 0.3) is 0 Å². The van der Waals surface area contributed by atoms with Crippen LogP contribution in [-0.4, -0.2) is 48.6 Å². The zero-order chi connectivity index (χ0) is 36.0. The number of aliphatic hydroxyl groups excluding tert-OH is 2. The number of esters is 2. The minimum atomic E-state index is -0.682. The standard InChI is InChI=1S/C44H62O6/c1-6-9-10-11-34-18-21-39(24-32(34)7-2)37-14-12-35(13-15-37)36-16-19-38(20-17-36)42-23-22-40(25-33(42)8-3)41(28-49-43(47)30(4)26-45)29-50-44(48)31(5)27-46/h18,21-25,35-38,41,45-46H,4-17,19-20,26-29H2,1-3H3. The van der Waals surface area contributed by atoms with Crippen LogP contribution in [0.3, 0.4) is 0 Å². The van der Waals surface area contributed by atoms with Gasteiger partial charge in [0, 0.05) is 0 Å². The Kier molecular flexibility index (Phi) is 15.8. The third-order valence-corrected chi connectivity index (χ3v) is 11.6. The van der Waals surface area contributed by atoms with Gasteiger partial charge in [-0.15, -0.1) is 0 Å². The molecule has 0 heterocycles. The number of benzene rings is 2. The first-order valence-electron chi connectivity index (χ1n) is 19.4. The second kappa shape index (κ2) is 20.0. The van der Waals surface area contributed by atoms with E-state index in [1.807, 2.05) is 0 Å². The van der Waals surface area contributed by atoms with E-state index in [0.717, 1.165) is 30.2 Å². The lowest BCUT2D eigenvalue weighted by atomic mass is 9.67. The van der Waals surface area contributed by atoms with Crippen LogP contribution >= 0.6 is 0 Å². The molecule has 0 aromatic heterocycles. The number of carbonyl (C=O) groups excluding carboxylic acids is 2. The molecule has 2 N–H and O–H groups in total. The van der Waals surface area contributed by atoms with E-state index in [1.165, 1.54) is 88.2 Å². The molecule has 0 amide bonds. The Morgan fingerprint density at radius 3 is 1.78 bits per heavy atom. The Labute approximate surface area is 301 Å². The van der Waals surface area contributed by atoms with Crippen molar-refractivity contribution in [3.05, 3.63) is 94.1 Å². The van der Waals surface area contributed by atoms with Crippen molar-refractivity contribution in [2.75, 3.05) is 26.4 Å². The number of carbonyl (C=O) groups is 2. The fourth-order valence-electron chi connectivity index (χ4n) is 8.37. The van der Waals surface area contributed by atoms with Crippen molar-refractivity contribution in [3.8, 4) is 0 Å². The number of aliphatic hydroxyl groups is 2. The molecule has 0 saturated heterocycles. The van der Waals surface area contributed by atoms with Crippen LogP contribution in [0.2, 0.25) is 0 Å². The molecule has 2 saturated carbocycles. The molecular weight excluding hydrogens is 624 g/mol. The van der Waals surface area contributed by atoms with Crippen LogP contribution in [-0.2, 0) is 38.3 Å². The van der Waals surface area contributed by atoms with Gasteiger partial charge < -0.3 is 19.7 Å². The summed E-state index contributed by atoms with van der Waals surface area (Å²) in [5, 5.41) is 18.5. The highest BCUT2D eigenvalue weighted by atomic mass is 16.5. The van der Waals surface area contributed by atoms with Crippen molar-refractivity contribution in [1.29, 1.82) is 0 Å². The molecule has 6 nitrogen and oxygen atoms in total. The summed E-state index contributed by atoms with van der Waals surface area (Å²) in [6.45, 7) is 12.8. The van der Waals surface area contributed by atoms with E-state index < -0.39 is 31.1 Å². The molecule has 2 aromatic carbocycles. The van der Waals surface area contributed by atoms with Gasteiger partial charge in [-0.1, -0.05) is 83.2 Å². The Morgan fingerprint density at radius 2 is 1.26 bits per heavy atom. The monoisotopic (exact) mass is 686 g/mol. The SMILES string of the molecule is C=C(CO)C(=O)OCC(COC(=O)C(=C)CO)c1ccc(C2CCC(C3CCC(c4ccc(CCCCC)c(CC)c4)CC3)CC2)c(CC)c1. The molecule has 2 aromatic rings. The molecule has 2 fully saturated rings. The first kappa shape index (κ1) is 39.6. The van der Waals surface area contributed by atoms with Crippen LogP contribution in [0.25, 0.3) is 0 Å². The van der Waals surface area contributed by atoms with Crippen LogP contribution in [0, 0.1) is 11.8 Å². The molecule has 4 rings (SSSR count). The lowest BCUT2D eigenvalue weighted by Gasteiger charge is -2.38. The van der Waals surface area contributed by atoms with E-state index >= 15 is 0 Å². The quantitative estimate of drug-likeness (QED) is 0.0924. The molecule has 2 aliphatic carbocycles. The van der Waals surface area contributed by atoms with E-state index in [-0.39, 0.29) is 24.4 Å². The molecule has 6 heteroatoms. The lowest BCUT2D eigenvalue weighted by molar-refractivity contribution is -0.142. The van der Waals surface area contributed by atoms with Crippen LogP contribution in [0.5, 0.6) is 0 Å². The Bertz CT molecular complexity index is 1390. The van der Waals surface area contributed by atoms with Crippen LogP contribution in [0.15, 0.2) is 60.7 Å². The smallest absolute Gasteiger partial charge is 0.335 e. The van der Waals surface area contributed by atoms with Crippen molar-refractivity contribution in [1.82, 2.24) is 0 Å². The minimum absolute atomic E-state index is 0.0310. The van der Waals surface area contributed by atoms with E-state index in [0.29, 0.717) is 11.8 Å². The summed E-state index contributed by atoms with van der Waals surface area (Å²) in [5.41, 5.74) is 8.23. The van der Waals surface area contributed by atoms with Gasteiger partial charge >= 0.3 is 11.9 Å². The molecule has 0 atom stereocenters. The van der Waals surface area contributed by atoms with Gasteiger partial charge in [0.15, 0.2) is 0 Å². The Balaban J connectivity index is 1.34. The summed E-state index contributed by atoms with van der Waals surface area (Å²) < 4.78 is 10.8. The van der Waals surface area contributed by atoms with Gasteiger partial charge in [-0.2, -0.15) is 0 Å². The number of unbranched alkanes of at least 4 members (excludes halogenated alkanes) is 2. The second-order valence-corrected chi connectivity index (χ2v) is 14.8. The summed E-state index contributed by atoms with van der Waals surface area (Å²) in [4.78, 5) is 24.5. The van der Waals surface area contributed by atoms with E-state index in [9.17, 15) is 19.8 Å². The highest BCUT2D eigenvalue weighted by Crippen LogP contribution is 2.46. The van der Waals surface area contributed by atoms with Crippen molar-refractivity contribution in [2.24, 2.45) is 11.8 Å². The third-order valence-electron chi connectivity index (χ3n) is 11.6. The Hall–Kier alpha value is -3.22. The first-order valence-corrected chi connectivity index (χ1v) is 19.4. The highest BCUT2D eigenvalue weighted by molar-refractivity contribution is 5.88. The fourth-order valence-corrected chi connectivity index (χ4v) is 8.37. The maximum atomic E-state index is 12.2. The van der Waals surface area contributed by atoms with Crippen molar-refractivity contribution < 1.29 is 29.3 Å². The average Bonchev–Trinajstić information content (AvgIpc) is 3.17. The Morgan fingerprint density at radius 1 is 0.700 bits per heavy atom. The van der Waals surface area contributed by atoms with Gasteiger partial charge in [0.05, 0.1) is 30.3 Å². The average molecular weight is 687 g/mol. The van der Waals surface area contributed by atoms with Crippen LogP contribution < -0.4 is 0 Å². The van der Waals surface area contributed by atoms with E-state index in [4.69, 9.17) is 9.47 Å². The number of rotatable bonds is 18. The maximum Gasteiger partial charge on any atom is 0.335 e. The minimum Gasteiger partial charge on any atom is -0.461 e. The molecule has 0 aliphatic heterocycles. The third kappa shape index (κ3) is 10.6. The molecule has 0 bridgehead atoms. The van der Waals surface area contributed by atoms with E-state index in [1.54, 1.807) is 16.7 Å². The molecule has 0 unspecified atom stereocenters. The summed E-state index contributed by atoms with van der Waals surface area (Å²) >= 11 is 0. The van der Waals surface area contributed by atoms with Gasteiger partial charge in [0.1, 0.15) is 13.2 Å². The molecule has 2 aliphatic rings. The predicted molar refractivity (Wildman–Crippen MR) is 201 cm³/mol. The number of ether oxygens (including phenoxy) is 2. The summed E-state index contributed by atoms with van der Waals surface area (Å²) in [6.07, 6.45) is 17.4. The van der Waals surface area contributed by atoms with Gasteiger partial charge in [-0.3, -0.25) is 0 Å². The summed E-state index contributed by atoms with van der Waals surface area (Å²) in [7, 11) is 0. The number of hydrogen-bond acceptors (Lipinski definition) is 6. The zero-order valence-corrected chi connectivity index (χ0v) is 31.0.